The van der Waals surface area contributed by atoms with Gasteiger partial charge in [0.15, 0.2) is 0 Å². The number of aromatic nitrogens is 2. The third-order valence-corrected chi connectivity index (χ3v) is 3.84. The molecule has 0 saturated carbocycles. The lowest BCUT2D eigenvalue weighted by Gasteiger charge is -2.09. The predicted octanol–water partition coefficient (Wildman–Crippen LogP) is 2.24. The van der Waals surface area contributed by atoms with E-state index in [9.17, 15) is 4.79 Å². The first-order valence-electron chi connectivity index (χ1n) is 5.07. The fourth-order valence-electron chi connectivity index (χ4n) is 2.11. The van der Waals surface area contributed by atoms with E-state index in [1.165, 1.54) is 0 Å². The Balaban J connectivity index is 2.19. The Morgan fingerprint density at radius 2 is 2.38 bits per heavy atom. The number of hydrogen-bond donors (Lipinski definition) is 2. The molecule has 0 aromatic carbocycles. The van der Waals surface area contributed by atoms with E-state index in [4.69, 9.17) is 5.11 Å². The number of aryl methyl sites for hydroxylation is 3. The second-order valence-electron chi connectivity index (χ2n) is 3.89. The summed E-state index contributed by atoms with van der Waals surface area (Å²) in [5.41, 5.74) is 3.41. The molecule has 82 valence electrons. The van der Waals surface area contributed by atoms with Crippen LogP contribution in [0.2, 0.25) is 0 Å². The zero-order valence-electron chi connectivity index (χ0n) is 8.70. The van der Waals surface area contributed by atoms with Crippen LogP contribution in [0.5, 0.6) is 0 Å². The summed E-state index contributed by atoms with van der Waals surface area (Å²) in [7, 11) is 0. The Morgan fingerprint density at radius 3 is 3.12 bits per heavy atom. The molecule has 5 heteroatoms. The highest BCUT2D eigenvalue weighted by Crippen LogP contribution is 2.37. The van der Waals surface area contributed by atoms with Gasteiger partial charge in [-0.2, -0.15) is 0 Å². The number of aromatic carboxylic acids is 1. The minimum Gasteiger partial charge on any atom is -0.477 e. The van der Waals surface area contributed by atoms with Gasteiger partial charge in [-0.1, -0.05) is 0 Å². The number of nitrogens with one attached hydrogen (secondary N) is 1. The van der Waals surface area contributed by atoms with Crippen LogP contribution in [-0.4, -0.2) is 21.0 Å². The largest absolute Gasteiger partial charge is 0.477 e. The molecule has 0 radical (unpaired) electrons. The number of thiazole rings is 1. The first kappa shape index (κ1) is 9.59. The summed E-state index contributed by atoms with van der Waals surface area (Å²) >= 11 is 1.63. The summed E-state index contributed by atoms with van der Waals surface area (Å²) in [4.78, 5) is 19.4. The highest BCUT2D eigenvalue weighted by molar-refractivity contribution is 7.15. The molecule has 0 fully saturated rings. The van der Waals surface area contributed by atoms with E-state index in [0.29, 0.717) is 0 Å². The van der Waals surface area contributed by atoms with Crippen LogP contribution < -0.4 is 0 Å². The molecule has 0 atom stereocenters. The van der Waals surface area contributed by atoms with Crippen molar-refractivity contribution in [1.29, 1.82) is 0 Å². The summed E-state index contributed by atoms with van der Waals surface area (Å²) in [5, 5.41) is 9.98. The van der Waals surface area contributed by atoms with Gasteiger partial charge in [0, 0.05) is 11.3 Å². The molecule has 0 amide bonds. The Kier molecular flexibility index (Phi) is 1.91. The van der Waals surface area contributed by atoms with Crippen molar-refractivity contribution in [3.63, 3.8) is 0 Å². The van der Waals surface area contributed by atoms with E-state index >= 15 is 0 Å². The third kappa shape index (κ3) is 1.28. The number of nitrogens with zero attached hydrogens (tertiary/aromatic N) is 1. The molecular formula is C11H10N2O2S. The van der Waals surface area contributed by atoms with Crippen molar-refractivity contribution in [2.75, 3.05) is 0 Å². The van der Waals surface area contributed by atoms with Gasteiger partial charge in [0.25, 0.3) is 0 Å². The van der Waals surface area contributed by atoms with Crippen LogP contribution in [0.25, 0.3) is 10.4 Å². The molecular weight excluding hydrogens is 224 g/mol. The standard InChI is InChI=1S/C11H10N2O2S/c1-5-12-8-3-2-7-6(10(8)16-5)4-9(13-7)11(14)15/h4,13H,2-3H2,1H3,(H,14,15). The van der Waals surface area contributed by atoms with Crippen LogP contribution in [0.4, 0.5) is 0 Å². The van der Waals surface area contributed by atoms with Gasteiger partial charge < -0.3 is 10.1 Å². The van der Waals surface area contributed by atoms with Gasteiger partial charge in [-0.25, -0.2) is 9.78 Å². The molecule has 0 saturated heterocycles. The molecule has 0 unspecified atom stereocenters. The Morgan fingerprint density at radius 1 is 1.56 bits per heavy atom. The van der Waals surface area contributed by atoms with Crippen molar-refractivity contribution in [2.24, 2.45) is 0 Å². The number of aromatic amines is 1. The van der Waals surface area contributed by atoms with Gasteiger partial charge in [0.1, 0.15) is 5.69 Å². The highest BCUT2D eigenvalue weighted by Gasteiger charge is 2.23. The van der Waals surface area contributed by atoms with Crippen LogP contribution in [0, 0.1) is 6.92 Å². The molecule has 4 nitrogen and oxygen atoms in total. The van der Waals surface area contributed by atoms with Crippen LogP contribution >= 0.6 is 11.3 Å². The van der Waals surface area contributed by atoms with E-state index in [-0.39, 0.29) is 5.69 Å². The first-order chi connectivity index (χ1) is 7.65. The number of hydrogen-bond acceptors (Lipinski definition) is 3. The zero-order valence-corrected chi connectivity index (χ0v) is 9.52. The normalized spacial score (nSPS) is 13.3. The van der Waals surface area contributed by atoms with E-state index in [2.05, 4.69) is 9.97 Å². The van der Waals surface area contributed by atoms with Gasteiger partial charge >= 0.3 is 5.97 Å². The average Bonchev–Trinajstić information content (AvgIpc) is 2.77. The van der Waals surface area contributed by atoms with E-state index in [0.717, 1.165) is 39.7 Å². The van der Waals surface area contributed by atoms with Crippen molar-refractivity contribution in [1.82, 2.24) is 9.97 Å². The van der Waals surface area contributed by atoms with Gasteiger partial charge in [0.2, 0.25) is 0 Å². The number of carboxylic acids is 1. The molecule has 1 aliphatic rings. The number of H-pyrrole nitrogens is 1. The van der Waals surface area contributed by atoms with Crippen LogP contribution in [0.15, 0.2) is 6.07 Å². The second-order valence-corrected chi connectivity index (χ2v) is 5.09. The maximum absolute atomic E-state index is 10.9. The Hall–Kier alpha value is -1.62. The summed E-state index contributed by atoms with van der Waals surface area (Å²) in [5.74, 6) is -0.905. The Bertz CT molecular complexity index is 583. The molecule has 0 spiro atoms. The lowest BCUT2D eigenvalue weighted by molar-refractivity contribution is 0.0691. The van der Waals surface area contributed by atoms with E-state index in [1.54, 1.807) is 17.4 Å². The highest BCUT2D eigenvalue weighted by atomic mass is 32.1. The lowest BCUT2D eigenvalue weighted by Crippen LogP contribution is -2.01. The minimum absolute atomic E-state index is 0.268. The van der Waals surface area contributed by atoms with Crippen molar-refractivity contribution in [3.8, 4) is 10.4 Å². The lowest BCUT2D eigenvalue weighted by atomic mass is 10.0. The maximum Gasteiger partial charge on any atom is 0.352 e. The number of fused-ring (bicyclic) bond motifs is 3. The molecule has 16 heavy (non-hydrogen) atoms. The van der Waals surface area contributed by atoms with Crippen LogP contribution in [0.1, 0.15) is 26.9 Å². The topological polar surface area (TPSA) is 66.0 Å². The number of carbonyl (C=O) groups is 1. The fourth-order valence-corrected chi connectivity index (χ4v) is 3.11. The summed E-state index contributed by atoms with van der Waals surface area (Å²) < 4.78 is 0. The van der Waals surface area contributed by atoms with Gasteiger partial charge in [-0.3, -0.25) is 0 Å². The van der Waals surface area contributed by atoms with Gasteiger partial charge in [-0.15, -0.1) is 11.3 Å². The van der Waals surface area contributed by atoms with Gasteiger partial charge in [0.05, 0.1) is 15.6 Å². The molecule has 0 aliphatic heterocycles. The summed E-state index contributed by atoms with van der Waals surface area (Å²) in [6.07, 6.45) is 1.74. The molecule has 2 aromatic rings. The molecule has 2 N–H and O–H groups in total. The van der Waals surface area contributed by atoms with Crippen LogP contribution in [-0.2, 0) is 12.8 Å². The number of rotatable bonds is 1. The fraction of sp³-hybridized carbons (Fsp3) is 0.273. The van der Waals surface area contributed by atoms with Crippen molar-refractivity contribution in [3.05, 3.63) is 28.2 Å². The van der Waals surface area contributed by atoms with Crippen molar-refractivity contribution >= 4 is 17.3 Å². The molecule has 1 aliphatic carbocycles. The van der Waals surface area contributed by atoms with Crippen molar-refractivity contribution < 1.29 is 9.90 Å². The zero-order chi connectivity index (χ0) is 11.3. The average molecular weight is 234 g/mol. The second kappa shape index (κ2) is 3.18. The maximum atomic E-state index is 10.9. The Labute approximate surface area is 96.0 Å². The van der Waals surface area contributed by atoms with Gasteiger partial charge in [-0.05, 0) is 25.8 Å². The van der Waals surface area contributed by atoms with Crippen LogP contribution in [0.3, 0.4) is 0 Å². The molecule has 0 bridgehead atoms. The quantitative estimate of drug-likeness (QED) is 0.795. The third-order valence-electron chi connectivity index (χ3n) is 2.79. The van der Waals surface area contributed by atoms with E-state index < -0.39 is 5.97 Å². The summed E-state index contributed by atoms with van der Waals surface area (Å²) in [6, 6.07) is 1.72. The van der Waals surface area contributed by atoms with Crippen molar-refractivity contribution in [2.45, 2.75) is 19.8 Å². The smallest absolute Gasteiger partial charge is 0.352 e. The number of carboxylic acid groups (broad SMARTS) is 1. The summed E-state index contributed by atoms with van der Waals surface area (Å²) in [6.45, 7) is 1.98. The monoisotopic (exact) mass is 234 g/mol. The van der Waals surface area contributed by atoms with E-state index in [1.807, 2.05) is 6.92 Å². The molecule has 3 rings (SSSR count). The SMILES string of the molecule is Cc1nc2c(s1)-c1cc(C(=O)O)[nH]c1CC2. The molecule has 2 aromatic heterocycles. The molecule has 2 heterocycles. The first-order valence-corrected chi connectivity index (χ1v) is 5.88. The predicted molar refractivity (Wildman–Crippen MR) is 61.0 cm³/mol. The minimum atomic E-state index is -0.905.